The van der Waals surface area contributed by atoms with E-state index in [4.69, 9.17) is 4.99 Å². The lowest BCUT2D eigenvalue weighted by atomic mass is 9.81. The summed E-state index contributed by atoms with van der Waals surface area (Å²) < 4.78 is 0. The monoisotopic (exact) mass is 770 g/mol. The van der Waals surface area contributed by atoms with Crippen molar-refractivity contribution in [1.82, 2.24) is 0 Å². The molecule has 3 nitrogen and oxygen atoms in total. The number of hydrogen-bond acceptors (Lipinski definition) is 3. The minimum Gasteiger partial charge on any atom is -0.344 e. The molecule has 302 valence electrons. The molecular weight excluding hydrogens is 703 g/mol. The first-order valence-corrected chi connectivity index (χ1v) is 22.4. The molecule has 0 N–H and O–H groups in total. The number of anilines is 3. The van der Waals surface area contributed by atoms with Gasteiger partial charge in [0.25, 0.3) is 0 Å². The highest BCUT2D eigenvalue weighted by Gasteiger charge is 2.40. The van der Waals surface area contributed by atoms with Crippen molar-refractivity contribution < 1.29 is 0 Å². The predicted molar refractivity (Wildman–Crippen MR) is 251 cm³/mol. The van der Waals surface area contributed by atoms with Crippen LogP contribution in [0.4, 0.5) is 22.7 Å². The third kappa shape index (κ3) is 8.90. The molecule has 0 spiro atoms. The van der Waals surface area contributed by atoms with Crippen LogP contribution in [0, 0.1) is 13.8 Å². The topological polar surface area (TPSA) is 18.8 Å². The molecule has 4 aromatic rings. The van der Waals surface area contributed by atoms with Gasteiger partial charge in [0.05, 0.1) is 17.1 Å². The van der Waals surface area contributed by atoms with Gasteiger partial charge in [0.1, 0.15) is 0 Å². The third-order valence-electron chi connectivity index (χ3n) is 12.9. The summed E-state index contributed by atoms with van der Waals surface area (Å²) in [6, 6.07) is 35.6. The summed E-state index contributed by atoms with van der Waals surface area (Å²) in [5, 5.41) is 0. The zero-order chi connectivity index (χ0) is 40.7. The largest absolute Gasteiger partial charge is 0.344 e. The van der Waals surface area contributed by atoms with Gasteiger partial charge in [0, 0.05) is 40.1 Å². The zero-order valence-corrected chi connectivity index (χ0v) is 36.6. The molecule has 2 aliphatic heterocycles. The molecule has 7 rings (SSSR count). The van der Waals surface area contributed by atoms with Gasteiger partial charge in [0.15, 0.2) is 0 Å². The van der Waals surface area contributed by atoms with Crippen molar-refractivity contribution in [3.63, 3.8) is 0 Å². The number of para-hydroxylation sites is 2. The van der Waals surface area contributed by atoms with Gasteiger partial charge in [-0.25, -0.2) is 0 Å². The van der Waals surface area contributed by atoms with E-state index in [0.29, 0.717) is 0 Å². The molecule has 3 aliphatic rings. The lowest BCUT2D eigenvalue weighted by Crippen LogP contribution is -2.27. The van der Waals surface area contributed by atoms with Crippen molar-refractivity contribution in [3.8, 4) is 0 Å². The van der Waals surface area contributed by atoms with Gasteiger partial charge in [-0.1, -0.05) is 176 Å². The summed E-state index contributed by atoms with van der Waals surface area (Å²) >= 11 is 0. The Balaban J connectivity index is 1.24. The van der Waals surface area contributed by atoms with Crippen molar-refractivity contribution >= 4 is 28.5 Å². The third-order valence-corrected chi connectivity index (χ3v) is 12.9. The predicted octanol–water partition coefficient (Wildman–Crippen LogP) is 15.6. The molecule has 4 aromatic carbocycles. The maximum absolute atomic E-state index is 5.17. The van der Waals surface area contributed by atoms with Crippen LogP contribution >= 0.6 is 0 Å². The summed E-state index contributed by atoms with van der Waals surface area (Å²) in [7, 11) is 0. The lowest BCUT2D eigenvalue weighted by molar-refractivity contribution is 0.554. The van der Waals surface area contributed by atoms with Crippen molar-refractivity contribution in [3.05, 3.63) is 166 Å². The van der Waals surface area contributed by atoms with Gasteiger partial charge in [0.2, 0.25) is 0 Å². The van der Waals surface area contributed by atoms with E-state index in [1.165, 1.54) is 126 Å². The molecule has 0 unspecified atom stereocenters. The number of unbranched alkanes of at least 4 members (excludes halogenated alkanes) is 9. The highest BCUT2D eigenvalue weighted by molar-refractivity contribution is 6.08. The van der Waals surface area contributed by atoms with Crippen LogP contribution in [-0.2, 0) is 10.8 Å². The van der Waals surface area contributed by atoms with Gasteiger partial charge < -0.3 is 9.80 Å². The quantitative estimate of drug-likeness (QED) is 0.0996. The second kappa shape index (κ2) is 18.4. The summed E-state index contributed by atoms with van der Waals surface area (Å²) in [4.78, 5) is 10.3. The molecule has 0 amide bonds. The van der Waals surface area contributed by atoms with E-state index in [2.05, 4.69) is 180 Å². The first kappa shape index (κ1) is 41.3. The summed E-state index contributed by atoms with van der Waals surface area (Å²) in [5.41, 5.74) is 16.4. The number of aliphatic imine (C=N–C) groups is 1. The first-order chi connectivity index (χ1) is 28.1. The Morgan fingerprint density at radius 3 is 1.84 bits per heavy atom. The first-order valence-electron chi connectivity index (χ1n) is 22.4. The number of rotatable bonds is 17. The minimum absolute atomic E-state index is 0.0970. The highest BCUT2D eigenvalue weighted by Crippen LogP contribution is 2.49. The van der Waals surface area contributed by atoms with Gasteiger partial charge in [-0.3, -0.25) is 4.99 Å². The fourth-order valence-corrected chi connectivity index (χ4v) is 9.43. The van der Waals surface area contributed by atoms with E-state index in [9.17, 15) is 0 Å². The van der Waals surface area contributed by atoms with E-state index in [-0.39, 0.29) is 10.8 Å². The molecule has 0 saturated heterocycles. The Kier molecular flexibility index (Phi) is 13.1. The van der Waals surface area contributed by atoms with Crippen LogP contribution in [0.3, 0.4) is 0 Å². The van der Waals surface area contributed by atoms with Crippen LogP contribution < -0.4 is 9.80 Å². The van der Waals surface area contributed by atoms with Crippen LogP contribution in [0.1, 0.15) is 134 Å². The molecule has 0 atom stereocenters. The Bertz CT molecular complexity index is 2150. The maximum Gasteiger partial charge on any atom is 0.0674 e. The second-order valence-corrected chi connectivity index (χ2v) is 18.1. The molecule has 0 aromatic heterocycles. The van der Waals surface area contributed by atoms with Crippen molar-refractivity contribution in [2.75, 3.05) is 16.3 Å². The molecule has 0 radical (unpaired) electrons. The number of allylic oxidation sites excluding steroid dienone is 7. The normalized spacial score (nSPS) is 18.1. The highest BCUT2D eigenvalue weighted by atomic mass is 15.2. The van der Waals surface area contributed by atoms with E-state index >= 15 is 0 Å². The molecule has 0 fully saturated rings. The number of benzene rings is 4. The Morgan fingerprint density at radius 1 is 0.621 bits per heavy atom. The maximum atomic E-state index is 5.17. The van der Waals surface area contributed by atoms with Crippen molar-refractivity contribution in [2.24, 2.45) is 4.99 Å². The molecular formula is C55H67N3. The Morgan fingerprint density at radius 2 is 1.21 bits per heavy atom. The summed E-state index contributed by atoms with van der Waals surface area (Å²) in [6.45, 7) is 17.2. The number of hydrogen-bond donors (Lipinski definition) is 0. The average Bonchev–Trinajstić information content (AvgIpc) is 3.80. The molecule has 0 bridgehead atoms. The van der Waals surface area contributed by atoms with E-state index in [1.807, 2.05) is 0 Å². The van der Waals surface area contributed by atoms with Crippen LogP contribution in [0.25, 0.3) is 0 Å². The van der Waals surface area contributed by atoms with Gasteiger partial charge >= 0.3 is 0 Å². The smallest absolute Gasteiger partial charge is 0.0674 e. The number of nitrogens with zero attached hydrogens (tertiary/aromatic N) is 3. The SMILES string of the molecule is CCCCCCCCCCCCN1C(=CC=C2CCC(C=CC3=Nc4ccc(C)cc4C3(C)C)=C2N(c2ccccc2)c2ccccc2)C(C)(C)c2cc(C)ccc21. The second-order valence-electron chi connectivity index (χ2n) is 18.1. The van der Waals surface area contributed by atoms with Crippen molar-refractivity contribution in [2.45, 2.75) is 136 Å². The van der Waals surface area contributed by atoms with Gasteiger partial charge in [-0.15, -0.1) is 0 Å². The Labute approximate surface area is 351 Å². The number of fused-ring (bicyclic) bond motifs is 2. The standard InChI is InChI=1S/C55H67N3/c1-8-9-10-11-12-13-14-15-16-23-38-57-50-35-29-42(3)40-48(50)55(6,7)52(57)37-33-44-31-30-43(32-36-51-54(4,5)47-39-41(2)28-34-49(47)56-51)53(44)58(45-24-19-17-20-25-45)46-26-21-18-22-27-46/h17-22,24-29,32-37,39-40H,8-16,23,30-31,38H2,1-7H3. The Hall–Kier alpha value is -4.89. The van der Waals surface area contributed by atoms with E-state index in [1.54, 1.807) is 0 Å². The van der Waals surface area contributed by atoms with Crippen LogP contribution in [-0.4, -0.2) is 12.3 Å². The summed E-state index contributed by atoms with van der Waals surface area (Å²) in [5.74, 6) is 0. The van der Waals surface area contributed by atoms with Crippen molar-refractivity contribution in [1.29, 1.82) is 0 Å². The lowest BCUT2D eigenvalue weighted by Gasteiger charge is -2.29. The molecule has 2 heterocycles. The van der Waals surface area contributed by atoms with Gasteiger partial charge in [-0.05, 0) is 104 Å². The molecule has 0 saturated carbocycles. The summed E-state index contributed by atoms with van der Waals surface area (Å²) in [6.07, 6.45) is 25.1. The molecule has 3 heteroatoms. The molecule has 1 aliphatic carbocycles. The average molecular weight is 770 g/mol. The van der Waals surface area contributed by atoms with Crippen LogP contribution in [0.15, 0.2) is 149 Å². The zero-order valence-electron chi connectivity index (χ0n) is 36.6. The fourth-order valence-electron chi connectivity index (χ4n) is 9.43. The van der Waals surface area contributed by atoms with Crippen LogP contribution in [0.5, 0.6) is 0 Å². The fraction of sp³-hybridized carbons (Fsp3) is 0.400. The number of aryl methyl sites for hydroxylation is 2. The van der Waals surface area contributed by atoms with Gasteiger partial charge in [-0.2, -0.15) is 0 Å². The van der Waals surface area contributed by atoms with E-state index in [0.717, 1.165) is 30.8 Å². The van der Waals surface area contributed by atoms with Crippen LogP contribution in [0.2, 0.25) is 0 Å². The molecule has 58 heavy (non-hydrogen) atoms. The van der Waals surface area contributed by atoms with E-state index < -0.39 is 0 Å². The minimum atomic E-state index is -0.155.